The van der Waals surface area contributed by atoms with Crippen LogP contribution in [-0.4, -0.2) is 48.6 Å². The van der Waals surface area contributed by atoms with Crippen molar-refractivity contribution in [2.24, 2.45) is 5.92 Å². The van der Waals surface area contributed by atoms with Crippen LogP contribution in [-0.2, 0) is 14.6 Å². The van der Waals surface area contributed by atoms with E-state index in [1.807, 2.05) is 0 Å². The van der Waals surface area contributed by atoms with Crippen LogP contribution in [0.2, 0.25) is 0 Å². The van der Waals surface area contributed by atoms with E-state index in [0.717, 1.165) is 0 Å². The molecule has 0 bridgehead atoms. The highest BCUT2D eigenvalue weighted by molar-refractivity contribution is 7.92. The highest BCUT2D eigenvalue weighted by Crippen LogP contribution is 2.21. The van der Waals surface area contributed by atoms with Crippen LogP contribution >= 0.6 is 0 Å². The number of carboxylic acids is 1. The first-order chi connectivity index (χ1) is 10.7. The van der Waals surface area contributed by atoms with E-state index in [9.17, 15) is 18.0 Å². The summed E-state index contributed by atoms with van der Waals surface area (Å²) in [5.74, 6) is -1.40. The molecule has 1 aromatic carbocycles. The number of piperidine rings is 1. The Morgan fingerprint density at radius 3 is 2.09 bits per heavy atom. The lowest BCUT2D eigenvalue weighted by atomic mass is 9.96. The number of aliphatic carboxylic acids is 1. The molecule has 1 aliphatic heterocycles. The SMILES string of the molecule is CC(C)S(=O)(=O)c1ccc(C(=O)N2CCC(C(=O)O)CC2)cc1. The van der Waals surface area contributed by atoms with E-state index in [4.69, 9.17) is 5.11 Å². The summed E-state index contributed by atoms with van der Waals surface area (Å²) in [5.41, 5.74) is 0.418. The number of likely N-dealkylation sites (tertiary alicyclic amines) is 1. The largest absolute Gasteiger partial charge is 0.481 e. The number of nitrogens with zero attached hydrogens (tertiary/aromatic N) is 1. The molecular formula is C16H21NO5S. The van der Waals surface area contributed by atoms with E-state index in [0.29, 0.717) is 31.5 Å². The first-order valence-corrected chi connectivity index (χ1v) is 9.14. The number of hydrogen-bond donors (Lipinski definition) is 1. The number of benzene rings is 1. The molecule has 0 aromatic heterocycles. The summed E-state index contributed by atoms with van der Waals surface area (Å²) >= 11 is 0. The van der Waals surface area contributed by atoms with Gasteiger partial charge in [-0.05, 0) is 51.0 Å². The van der Waals surface area contributed by atoms with Gasteiger partial charge in [0, 0.05) is 18.7 Å². The summed E-state index contributed by atoms with van der Waals surface area (Å²) in [6, 6.07) is 5.93. The molecular weight excluding hydrogens is 318 g/mol. The molecule has 0 atom stereocenters. The summed E-state index contributed by atoms with van der Waals surface area (Å²) in [5, 5.41) is 8.46. The van der Waals surface area contributed by atoms with Crippen molar-refractivity contribution in [3.8, 4) is 0 Å². The van der Waals surface area contributed by atoms with Gasteiger partial charge in [-0.3, -0.25) is 9.59 Å². The van der Waals surface area contributed by atoms with Crippen molar-refractivity contribution < 1.29 is 23.1 Å². The average Bonchev–Trinajstić information content (AvgIpc) is 2.54. The Hall–Kier alpha value is -1.89. The molecule has 0 spiro atoms. The van der Waals surface area contributed by atoms with E-state index < -0.39 is 27.0 Å². The van der Waals surface area contributed by atoms with Gasteiger partial charge in [-0.25, -0.2) is 8.42 Å². The second-order valence-corrected chi connectivity index (χ2v) is 8.53. The lowest BCUT2D eigenvalue weighted by Crippen LogP contribution is -2.40. The average molecular weight is 339 g/mol. The molecule has 1 heterocycles. The second kappa shape index (κ2) is 6.70. The predicted octanol–water partition coefficient (Wildman–Crippen LogP) is 1.81. The fourth-order valence-electron chi connectivity index (χ4n) is 2.57. The summed E-state index contributed by atoms with van der Waals surface area (Å²) in [4.78, 5) is 25.1. The maximum absolute atomic E-state index is 12.4. The predicted molar refractivity (Wildman–Crippen MR) is 85.0 cm³/mol. The number of rotatable bonds is 4. The second-order valence-electron chi connectivity index (χ2n) is 6.02. The van der Waals surface area contributed by atoms with Crippen molar-refractivity contribution >= 4 is 21.7 Å². The highest BCUT2D eigenvalue weighted by Gasteiger charge is 2.27. The Morgan fingerprint density at radius 2 is 1.65 bits per heavy atom. The Bertz CT molecular complexity index is 686. The normalized spacial score (nSPS) is 16.6. The van der Waals surface area contributed by atoms with Crippen LogP contribution in [0.1, 0.15) is 37.0 Å². The number of sulfone groups is 1. The highest BCUT2D eigenvalue weighted by atomic mass is 32.2. The van der Waals surface area contributed by atoms with Gasteiger partial charge >= 0.3 is 5.97 Å². The van der Waals surface area contributed by atoms with Gasteiger partial charge in [0.25, 0.3) is 5.91 Å². The van der Waals surface area contributed by atoms with Crippen molar-refractivity contribution in [2.75, 3.05) is 13.1 Å². The molecule has 1 aliphatic rings. The van der Waals surface area contributed by atoms with Gasteiger partial charge in [-0.1, -0.05) is 0 Å². The van der Waals surface area contributed by atoms with E-state index in [2.05, 4.69) is 0 Å². The molecule has 126 valence electrons. The third kappa shape index (κ3) is 3.72. The van der Waals surface area contributed by atoms with Gasteiger partial charge < -0.3 is 10.0 Å². The fraction of sp³-hybridized carbons (Fsp3) is 0.500. The number of carbonyl (C=O) groups excluding carboxylic acids is 1. The van der Waals surface area contributed by atoms with E-state index in [-0.39, 0.29) is 10.8 Å². The number of carboxylic acid groups (broad SMARTS) is 1. The van der Waals surface area contributed by atoms with E-state index in [1.54, 1.807) is 18.7 Å². The lowest BCUT2D eigenvalue weighted by Gasteiger charge is -2.30. The minimum atomic E-state index is -3.35. The zero-order valence-electron chi connectivity index (χ0n) is 13.2. The number of carbonyl (C=O) groups is 2. The Morgan fingerprint density at radius 1 is 1.13 bits per heavy atom. The molecule has 1 N–H and O–H groups in total. The monoisotopic (exact) mass is 339 g/mol. The Labute approximate surface area is 136 Å². The van der Waals surface area contributed by atoms with Crippen LogP contribution in [0.15, 0.2) is 29.2 Å². The summed E-state index contributed by atoms with van der Waals surface area (Å²) < 4.78 is 24.1. The zero-order chi connectivity index (χ0) is 17.2. The maximum Gasteiger partial charge on any atom is 0.306 e. The first-order valence-electron chi connectivity index (χ1n) is 7.59. The quantitative estimate of drug-likeness (QED) is 0.903. The Kier molecular flexibility index (Phi) is 5.09. The molecule has 0 radical (unpaired) electrons. The smallest absolute Gasteiger partial charge is 0.306 e. The molecule has 1 aromatic rings. The van der Waals surface area contributed by atoms with E-state index in [1.165, 1.54) is 24.3 Å². The third-order valence-electron chi connectivity index (χ3n) is 4.18. The van der Waals surface area contributed by atoms with E-state index >= 15 is 0 Å². The molecule has 0 unspecified atom stereocenters. The van der Waals surface area contributed by atoms with Crippen LogP contribution in [0.4, 0.5) is 0 Å². The lowest BCUT2D eigenvalue weighted by molar-refractivity contribution is -0.143. The maximum atomic E-state index is 12.4. The number of hydrogen-bond acceptors (Lipinski definition) is 4. The summed E-state index contributed by atoms with van der Waals surface area (Å²) in [7, 11) is -3.35. The van der Waals surface area contributed by atoms with Crippen LogP contribution in [0, 0.1) is 5.92 Å². The first kappa shape index (κ1) is 17.5. The van der Waals surface area contributed by atoms with Gasteiger partial charge in [0.05, 0.1) is 16.1 Å². The number of amides is 1. The van der Waals surface area contributed by atoms with Crippen molar-refractivity contribution in [3.05, 3.63) is 29.8 Å². The summed E-state index contributed by atoms with van der Waals surface area (Å²) in [6.45, 7) is 4.03. The molecule has 6 nitrogen and oxygen atoms in total. The molecule has 0 saturated carbocycles. The van der Waals surface area contributed by atoms with Crippen molar-refractivity contribution in [1.29, 1.82) is 0 Å². The standard InChI is InChI=1S/C16H21NO5S/c1-11(2)23(21,22)14-5-3-12(4-6-14)15(18)17-9-7-13(8-10-17)16(19)20/h3-6,11,13H,7-10H2,1-2H3,(H,19,20). The van der Waals surface area contributed by atoms with Crippen molar-refractivity contribution in [2.45, 2.75) is 36.8 Å². The van der Waals surface area contributed by atoms with Crippen LogP contribution in [0.25, 0.3) is 0 Å². The topological polar surface area (TPSA) is 91.8 Å². The fourth-order valence-corrected chi connectivity index (χ4v) is 3.63. The third-order valence-corrected chi connectivity index (χ3v) is 6.35. The minimum Gasteiger partial charge on any atom is -0.481 e. The van der Waals surface area contributed by atoms with Crippen molar-refractivity contribution in [1.82, 2.24) is 4.90 Å². The summed E-state index contributed by atoms with van der Waals surface area (Å²) in [6.07, 6.45) is 0.891. The van der Waals surface area contributed by atoms with Crippen LogP contribution < -0.4 is 0 Å². The van der Waals surface area contributed by atoms with Gasteiger partial charge in [0.15, 0.2) is 9.84 Å². The zero-order valence-corrected chi connectivity index (χ0v) is 14.0. The van der Waals surface area contributed by atoms with Crippen LogP contribution in [0.3, 0.4) is 0 Å². The van der Waals surface area contributed by atoms with Gasteiger partial charge in [-0.2, -0.15) is 0 Å². The molecule has 7 heteroatoms. The molecule has 2 rings (SSSR count). The van der Waals surface area contributed by atoms with Gasteiger partial charge in [0.2, 0.25) is 0 Å². The Balaban J connectivity index is 2.09. The molecule has 0 aliphatic carbocycles. The van der Waals surface area contributed by atoms with Crippen molar-refractivity contribution in [3.63, 3.8) is 0 Å². The minimum absolute atomic E-state index is 0.192. The molecule has 1 saturated heterocycles. The molecule has 23 heavy (non-hydrogen) atoms. The van der Waals surface area contributed by atoms with Crippen LogP contribution in [0.5, 0.6) is 0 Å². The molecule has 1 amide bonds. The van der Waals surface area contributed by atoms with Gasteiger partial charge in [0.1, 0.15) is 0 Å². The molecule has 1 fully saturated rings. The van der Waals surface area contributed by atoms with Gasteiger partial charge in [-0.15, -0.1) is 0 Å².